The fourth-order valence-corrected chi connectivity index (χ4v) is 6.39. The fraction of sp³-hybridized carbons (Fsp3) is 0.642. The number of rotatable bonds is 41. The Hall–Kier alpha value is -2.95. The second kappa shape index (κ2) is 47.4. The van der Waals surface area contributed by atoms with E-state index in [1.54, 1.807) is 6.08 Å². The van der Waals surface area contributed by atoms with Gasteiger partial charge >= 0.3 is 0 Å². The molecule has 0 aliphatic rings. The molecule has 324 valence electrons. The number of aliphatic hydroxyl groups excluding tert-OH is 2. The van der Waals surface area contributed by atoms with Crippen molar-refractivity contribution < 1.29 is 15.0 Å². The number of aliphatic hydroxyl groups is 2. The normalized spacial score (nSPS) is 14.0. The van der Waals surface area contributed by atoms with E-state index in [-0.39, 0.29) is 12.5 Å². The van der Waals surface area contributed by atoms with Gasteiger partial charge in [-0.3, -0.25) is 4.79 Å². The molecule has 0 bridgehead atoms. The van der Waals surface area contributed by atoms with Gasteiger partial charge in [0.1, 0.15) is 0 Å². The van der Waals surface area contributed by atoms with Gasteiger partial charge in [-0.15, -0.1) is 0 Å². The summed E-state index contributed by atoms with van der Waals surface area (Å²) in [7, 11) is 0. The van der Waals surface area contributed by atoms with Gasteiger partial charge < -0.3 is 15.5 Å². The minimum Gasteiger partial charge on any atom is -0.394 e. The summed E-state index contributed by atoms with van der Waals surface area (Å²) < 4.78 is 0. The SMILES string of the molecule is CC/C=C\C/C=C\C/C=C\C/C=C\C/C=C\C/C=C\CCCCCCCCCCCCCCC(=O)NC(CO)C(O)/C=C/CC/C=C/CC/C=C/CCCCCC. The first-order chi connectivity index (χ1) is 28.2. The Balaban J connectivity index is 3.61. The van der Waals surface area contributed by atoms with E-state index in [2.05, 4.69) is 116 Å². The van der Waals surface area contributed by atoms with Crippen LogP contribution in [0, 0.1) is 0 Å². The van der Waals surface area contributed by atoms with Crippen LogP contribution in [0.4, 0.5) is 0 Å². The van der Waals surface area contributed by atoms with Crippen molar-refractivity contribution in [3.8, 4) is 0 Å². The van der Waals surface area contributed by atoms with Crippen molar-refractivity contribution in [2.45, 2.75) is 212 Å². The molecule has 0 rings (SSSR count). The molecule has 0 aromatic carbocycles. The van der Waals surface area contributed by atoms with Crippen LogP contribution in [0.15, 0.2) is 109 Å². The molecule has 0 aliphatic heterocycles. The van der Waals surface area contributed by atoms with Crippen LogP contribution in [-0.4, -0.2) is 34.9 Å². The van der Waals surface area contributed by atoms with Crippen molar-refractivity contribution in [2.24, 2.45) is 0 Å². The molecular weight excluding hydrogens is 699 g/mol. The van der Waals surface area contributed by atoms with Crippen molar-refractivity contribution in [2.75, 3.05) is 6.61 Å². The summed E-state index contributed by atoms with van der Waals surface area (Å²) in [5.74, 6) is -0.0863. The third kappa shape index (κ3) is 44.0. The average Bonchev–Trinajstić information content (AvgIpc) is 3.22. The Morgan fingerprint density at radius 3 is 1.23 bits per heavy atom. The standard InChI is InChI=1S/C53H89NO3/c1-3-5-7-9-11-13-15-17-19-20-21-22-23-24-25-26-27-28-29-30-31-32-33-34-35-37-39-41-43-45-47-49-53(57)54-51(50-55)52(56)48-46-44-42-40-38-36-18-16-14-12-10-8-6-4-2/h5,7,11,13-14,16-17,19,21-22,24-25,27-28,38,40,46,48,51-52,55-56H,3-4,6,8-10,12,15,18,20,23,26,29-37,39,41-45,47,49-50H2,1-2H3,(H,54,57)/b7-5-,13-11-,16-14+,19-17-,22-21-,25-24-,28-27-,40-38+,48-46+. The van der Waals surface area contributed by atoms with Crippen molar-refractivity contribution in [3.63, 3.8) is 0 Å². The Morgan fingerprint density at radius 2 is 0.789 bits per heavy atom. The summed E-state index contributed by atoms with van der Waals surface area (Å²) in [6.45, 7) is 4.14. The lowest BCUT2D eigenvalue weighted by Gasteiger charge is -2.19. The lowest BCUT2D eigenvalue weighted by molar-refractivity contribution is -0.123. The summed E-state index contributed by atoms with van der Waals surface area (Å²) in [6, 6.07) is -0.652. The largest absolute Gasteiger partial charge is 0.394 e. The molecule has 1 amide bonds. The van der Waals surface area contributed by atoms with E-state index in [1.165, 1.54) is 103 Å². The predicted molar refractivity (Wildman–Crippen MR) is 253 cm³/mol. The number of hydrogen-bond acceptors (Lipinski definition) is 3. The molecule has 0 aliphatic carbocycles. The Kier molecular flexibility index (Phi) is 45.0. The first-order valence-corrected chi connectivity index (χ1v) is 23.6. The smallest absolute Gasteiger partial charge is 0.220 e. The van der Waals surface area contributed by atoms with Crippen LogP contribution in [0.3, 0.4) is 0 Å². The highest BCUT2D eigenvalue weighted by molar-refractivity contribution is 5.76. The van der Waals surface area contributed by atoms with Crippen molar-refractivity contribution in [1.29, 1.82) is 0 Å². The van der Waals surface area contributed by atoms with E-state index in [0.29, 0.717) is 6.42 Å². The summed E-state index contributed by atoms with van der Waals surface area (Å²) in [4.78, 5) is 12.4. The Labute approximate surface area is 353 Å². The second-order valence-electron chi connectivity index (χ2n) is 15.4. The van der Waals surface area contributed by atoms with Gasteiger partial charge in [-0.05, 0) is 96.3 Å². The van der Waals surface area contributed by atoms with E-state index < -0.39 is 12.1 Å². The molecular formula is C53H89NO3. The van der Waals surface area contributed by atoms with Crippen molar-refractivity contribution in [3.05, 3.63) is 109 Å². The van der Waals surface area contributed by atoms with E-state index in [1.807, 2.05) is 6.08 Å². The van der Waals surface area contributed by atoms with Crippen LogP contribution in [-0.2, 0) is 4.79 Å². The first kappa shape index (κ1) is 54.1. The lowest BCUT2D eigenvalue weighted by Crippen LogP contribution is -2.45. The molecule has 2 unspecified atom stereocenters. The van der Waals surface area contributed by atoms with E-state index in [9.17, 15) is 15.0 Å². The number of unbranched alkanes of at least 4 members (excludes halogenated alkanes) is 18. The zero-order valence-corrected chi connectivity index (χ0v) is 37.1. The van der Waals surface area contributed by atoms with Gasteiger partial charge in [-0.1, -0.05) is 207 Å². The van der Waals surface area contributed by atoms with E-state index in [0.717, 1.165) is 77.0 Å². The Bertz CT molecular complexity index is 1120. The molecule has 0 radical (unpaired) electrons. The monoisotopic (exact) mass is 788 g/mol. The summed E-state index contributed by atoms with van der Waals surface area (Å²) in [5.41, 5.74) is 0. The minimum absolute atomic E-state index is 0.0863. The molecule has 0 spiro atoms. The molecule has 0 aromatic rings. The highest BCUT2D eigenvalue weighted by Gasteiger charge is 2.17. The number of carbonyl (C=O) groups excluding carboxylic acids is 1. The zero-order valence-electron chi connectivity index (χ0n) is 37.1. The molecule has 2 atom stereocenters. The molecule has 4 nitrogen and oxygen atoms in total. The van der Waals surface area contributed by atoms with E-state index in [4.69, 9.17) is 0 Å². The highest BCUT2D eigenvalue weighted by atomic mass is 16.3. The van der Waals surface area contributed by atoms with Gasteiger partial charge in [0.2, 0.25) is 5.91 Å². The van der Waals surface area contributed by atoms with Crippen molar-refractivity contribution in [1.82, 2.24) is 5.32 Å². The molecule has 0 fully saturated rings. The third-order valence-electron chi connectivity index (χ3n) is 9.97. The number of amides is 1. The Morgan fingerprint density at radius 1 is 0.439 bits per heavy atom. The fourth-order valence-electron chi connectivity index (χ4n) is 6.39. The molecule has 0 heterocycles. The summed E-state index contributed by atoms with van der Waals surface area (Å²) >= 11 is 0. The number of hydrogen-bond donors (Lipinski definition) is 3. The topological polar surface area (TPSA) is 69.6 Å². The number of allylic oxidation sites excluding steroid dienone is 17. The molecule has 0 saturated carbocycles. The van der Waals surface area contributed by atoms with Crippen LogP contribution in [0.25, 0.3) is 0 Å². The van der Waals surface area contributed by atoms with Crippen LogP contribution in [0.5, 0.6) is 0 Å². The highest BCUT2D eigenvalue weighted by Crippen LogP contribution is 2.14. The van der Waals surface area contributed by atoms with Crippen LogP contribution in [0.2, 0.25) is 0 Å². The maximum atomic E-state index is 12.4. The quantitative estimate of drug-likeness (QED) is 0.0427. The van der Waals surface area contributed by atoms with Gasteiger partial charge in [0, 0.05) is 6.42 Å². The van der Waals surface area contributed by atoms with Crippen LogP contribution in [0.1, 0.15) is 200 Å². The average molecular weight is 788 g/mol. The molecule has 0 aromatic heterocycles. The van der Waals surface area contributed by atoms with Gasteiger partial charge in [0.05, 0.1) is 18.8 Å². The first-order valence-electron chi connectivity index (χ1n) is 23.6. The van der Waals surface area contributed by atoms with E-state index >= 15 is 0 Å². The summed E-state index contributed by atoms with van der Waals surface area (Å²) in [6.07, 6.45) is 72.1. The number of carbonyl (C=O) groups is 1. The van der Waals surface area contributed by atoms with Crippen LogP contribution < -0.4 is 5.32 Å². The van der Waals surface area contributed by atoms with Crippen LogP contribution >= 0.6 is 0 Å². The van der Waals surface area contributed by atoms with Gasteiger partial charge in [-0.2, -0.15) is 0 Å². The molecule has 0 saturated heterocycles. The van der Waals surface area contributed by atoms with Gasteiger partial charge in [0.25, 0.3) is 0 Å². The van der Waals surface area contributed by atoms with Gasteiger partial charge in [-0.25, -0.2) is 0 Å². The summed E-state index contributed by atoms with van der Waals surface area (Å²) in [5, 5.41) is 23.0. The zero-order chi connectivity index (χ0) is 41.4. The third-order valence-corrected chi connectivity index (χ3v) is 9.97. The minimum atomic E-state index is -0.876. The molecule has 4 heteroatoms. The second-order valence-corrected chi connectivity index (χ2v) is 15.4. The molecule has 3 N–H and O–H groups in total. The maximum Gasteiger partial charge on any atom is 0.220 e. The van der Waals surface area contributed by atoms with Crippen molar-refractivity contribution >= 4 is 5.91 Å². The molecule has 57 heavy (non-hydrogen) atoms. The van der Waals surface area contributed by atoms with Gasteiger partial charge in [0.15, 0.2) is 0 Å². The lowest BCUT2D eigenvalue weighted by atomic mass is 10.0. The predicted octanol–water partition coefficient (Wildman–Crippen LogP) is 15.2. The maximum absolute atomic E-state index is 12.4. The number of nitrogens with one attached hydrogen (secondary N) is 1.